The van der Waals surface area contributed by atoms with Crippen molar-refractivity contribution in [2.75, 3.05) is 25.1 Å². The molecule has 1 saturated heterocycles. The lowest BCUT2D eigenvalue weighted by Gasteiger charge is -2.35. The van der Waals surface area contributed by atoms with Crippen LogP contribution in [-0.4, -0.2) is 50.4 Å². The SMILES string of the molecule is CC(C)C1CCN(C(=O)C(N)CCS(C)(=O)=O)CC1. The van der Waals surface area contributed by atoms with Crippen LogP contribution < -0.4 is 5.73 Å². The molecule has 19 heavy (non-hydrogen) atoms. The maximum Gasteiger partial charge on any atom is 0.239 e. The maximum atomic E-state index is 12.1. The van der Waals surface area contributed by atoms with Crippen LogP contribution >= 0.6 is 0 Å². The second kappa shape index (κ2) is 6.70. The number of hydrogen-bond donors (Lipinski definition) is 1. The Kier molecular flexibility index (Phi) is 5.80. The van der Waals surface area contributed by atoms with Gasteiger partial charge in [0.1, 0.15) is 9.84 Å². The lowest BCUT2D eigenvalue weighted by Crippen LogP contribution is -2.48. The molecular formula is C13H26N2O3S. The van der Waals surface area contributed by atoms with Crippen LogP contribution in [0, 0.1) is 11.8 Å². The Morgan fingerprint density at radius 1 is 1.32 bits per heavy atom. The predicted molar refractivity (Wildman–Crippen MR) is 76.4 cm³/mol. The van der Waals surface area contributed by atoms with Crippen molar-refractivity contribution in [3.8, 4) is 0 Å². The van der Waals surface area contributed by atoms with Crippen LogP contribution in [-0.2, 0) is 14.6 Å². The average molecular weight is 290 g/mol. The van der Waals surface area contributed by atoms with Crippen molar-refractivity contribution in [1.82, 2.24) is 4.90 Å². The first-order valence-corrected chi connectivity index (χ1v) is 8.99. The van der Waals surface area contributed by atoms with E-state index in [-0.39, 0.29) is 18.1 Å². The molecule has 0 aromatic rings. The summed E-state index contributed by atoms with van der Waals surface area (Å²) < 4.78 is 22.1. The Morgan fingerprint density at radius 3 is 2.26 bits per heavy atom. The minimum Gasteiger partial charge on any atom is -0.341 e. The molecule has 1 amide bonds. The van der Waals surface area contributed by atoms with Crippen molar-refractivity contribution < 1.29 is 13.2 Å². The highest BCUT2D eigenvalue weighted by molar-refractivity contribution is 7.90. The molecular weight excluding hydrogens is 264 g/mol. The van der Waals surface area contributed by atoms with Gasteiger partial charge in [-0.15, -0.1) is 0 Å². The van der Waals surface area contributed by atoms with Gasteiger partial charge in [0.15, 0.2) is 0 Å². The number of nitrogens with two attached hydrogens (primary N) is 1. The molecule has 0 bridgehead atoms. The Labute approximate surface area is 116 Å². The van der Waals surface area contributed by atoms with E-state index < -0.39 is 15.9 Å². The van der Waals surface area contributed by atoms with Gasteiger partial charge in [-0.05, 0) is 31.1 Å². The van der Waals surface area contributed by atoms with Crippen LogP contribution in [0.2, 0.25) is 0 Å². The van der Waals surface area contributed by atoms with Crippen LogP contribution in [0.5, 0.6) is 0 Å². The molecule has 112 valence electrons. The highest BCUT2D eigenvalue weighted by atomic mass is 32.2. The Bertz CT molecular complexity index is 398. The zero-order valence-electron chi connectivity index (χ0n) is 12.1. The zero-order chi connectivity index (χ0) is 14.6. The predicted octanol–water partition coefficient (Wildman–Crippen LogP) is 0.643. The molecule has 1 aliphatic heterocycles. The third-order valence-corrected chi connectivity index (χ3v) is 4.89. The number of amides is 1. The van der Waals surface area contributed by atoms with Gasteiger partial charge < -0.3 is 10.6 Å². The fraction of sp³-hybridized carbons (Fsp3) is 0.923. The van der Waals surface area contributed by atoms with E-state index in [0.717, 1.165) is 25.9 Å². The molecule has 0 aromatic heterocycles. The van der Waals surface area contributed by atoms with Crippen LogP contribution in [0.25, 0.3) is 0 Å². The number of carbonyl (C=O) groups is 1. The van der Waals surface area contributed by atoms with E-state index in [2.05, 4.69) is 13.8 Å². The summed E-state index contributed by atoms with van der Waals surface area (Å²) in [5.74, 6) is 1.20. The molecule has 6 heteroatoms. The number of likely N-dealkylation sites (tertiary alicyclic amines) is 1. The molecule has 2 N–H and O–H groups in total. The molecule has 1 rings (SSSR count). The van der Waals surface area contributed by atoms with E-state index in [1.54, 1.807) is 4.90 Å². The smallest absolute Gasteiger partial charge is 0.239 e. The normalized spacial score (nSPS) is 19.7. The number of nitrogens with zero attached hydrogens (tertiary/aromatic N) is 1. The van der Waals surface area contributed by atoms with E-state index in [4.69, 9.17) is 5.73 Å². The van der Waals surface area contributed by atoms with Crippen LogP contribution in [0.3, 0.4) is 0 Å². The van der Waals surface area contributed by atoms with E-state index in [9.17, 15) is 13.2 Å². The molecule has 1 heterocycles. The number of hydrogen-bond acceptors (Lipinski definition) is 4. The molecule has 0 aromatic carbocycles. The van der Waals surface area contributed by atoms with Crippen LogP contribution in [0.4, 0.5) is 0 Å². The molecule has 0 saturated carbocycles. The third kappa shape index (κ3) is 5.48. The maximum absolute atomic E-state index is 12.1. The van der Waals surface area contributed by atoms with Crippen molar-refractivity contribution >= 4 is 15.7 Å². The first-order chi connectivity index (χ1) is 8.70. The second-order valence-corrected chi connectivity index (χ2v) is 8.19. The van der Waals surface area contributed by atoms with Crippen molar-refractivity contribution in [3.05, 3.63) is 0 Å². The quantitative estimate of drug-likeness (QED) is 0.806. The molecule has 1 aliphatic rings. The average Bonchev–Trinajstić information content (AvgIpc) is 2.34. The highest BCUT2D eigenvalue weighted by Crippen LogP contribution is 2.24. The summed E-state index contributed by atoms with van der Waals surface area (Å²) in [5, 5.41) is 0. The molecule has 1 unspecified atom stereocenters. The third-order valence-electron chi connectivity index (χ3n) is 3.91. The lowest BCUT2D eigenvalue weighted by atomic mass is 9.86. The number of piperidine rings is 1. The van der Waals surface area contributed by atoms with E-state index in [0.29, 0.717) is 11.8 Å². The Morgan fingerprint density at radius 2 is 1.84 bits per heavy atom. The van der Waals surface area contributed by atoms with Crippen molar-refractivity contribution in [3.63, 3.8) is 0 Å². The summed E-state index contributed by atoms with van der Waals surface area (Å²) in [7, 11) is -3.05. The highest BCUT2D eigenvalue weighted by Gasteiger charge is 2.27. The van der Waals surface area contributed by atoms with Crippen molar-refractivity contribution in [1.29, 1.82) is 0 Å². The van der Waals surface area contributed by atoms with E-state index in [1.165, 1.54) is 6.26 Å². The monoisotopic (exact) mass is 290 g/mol. The van der Waals surface area contributed by atoms with Gasteiger partial charge >= 0.3 is 0 Å². The fourth-order valence-corrected chi connectivity index (χ4v) is 3.17. The number of sulfone groups is 1. The topological polar surface area (TPSA) is 80.5 Å². The lowest BCUT2D eigenvalue weighted by molar-refractivity contribution is -0.134. The fourth-order valence-electron chi connectivity index (χ4n) is 2.49. The van der Waals surface area contributed by atoms with Crippen LogP contribution in [0.15, 0.2) is 0 Å². The van der Waals surface area contributed by atoms with Gasteiger partial charge in [0.2, 0.25) is 5.91 Å². The first kappa shape index (κ1) is 16.4. The van der Waals surface area contributed by atoms with Crippen molar-refractivity contribution in [2.24, 2.45) is 17.6 Å². The minimum absolute atomic E-state index is 0.0254. The summed E-state index contributed by atoms with van der Waals surface area (Å²) in [4.78, 5) is 13.9. The van der Waals surface area contributed by atoms with Crippen LogP contribution in [0.1, 0.15) is 33.1 Å². The zero-order valence-corrected chi connectivity index (χ0v) is 12.9. The summed E-state index contributed by atoms with van der Waals surface area (Å²) in [6.07, 6.45) is 3.41. The van der Waals surface area contributed by atoms with Gasteiger partial charge in [-0.3, -0.25) is 4.79 Å². The molecule has 1 fully saturated rings. The van der Waals surface area contributed by atoms with Gasteiger partial charge in [0, 0.05) is 19.3 Å². The molecule has 0 spiro atoms. The number of carbonyl (C=O) groups excluding carboxylic acids is 1. The molecule has 0 aliphatic carbocycles. The molecule has 5 nitrogen and oxygen atoms in total. The first-order valence-electron chi connectivity index (χ1n) is 6.93. The van der Waals surface area contributed by atoms with Gasteiger partial charge in [-0.1, -0.05) is 13.8 Å². The van der Waals surface area contributed by atoms with Crippen molar-refractivity contribution in [2.45, 2.75) is 39.2 Å². The van der Waals surface area contributed by atoms with E-state index in [1.807, 2.05) is 0 Å². The van der Waals surface area contributed by atoms with Gasteiger partial charge in [0.05, 0.1) is 11.8 Å². The minimum atomic E-state index is -3.05. The van der Waals surface area contributed by atoms with Gasteiger partial charge in [-0.25, -0.2) is 8.42 Å². The van der Waals surface area contributed by atoms with Gasteiger partial charge in [-0.2, -0.15) is 0 Å². The second-order valence-electron chi connectivity index (χ2n) is 5.93. The molecule has 1 atom stereocenters. The number of rotatable bonds is 5. The summed E-state index contributed by atoms with van der Waals surface area (Å²) in [5.41, 5.74) is 5.79. The van der Waals surface area contributed by atoms with E-state index >= 15 is 0 Å². The Balaban J connectivity index is 2.42. The summed E-state index contributed by atoms with van der Waals surface area (Å²) >= 11 is 0. The standard InChI is InChI=1S/C13H26N2O3S/c1-10(2)11-4-7-15(8-5-11)13(16)12(14)6-9-19(3,17)18/h10-12H,4-9,14H2,1-3H3. The summed E-state index contributed by atoms with van der Waals surface area (Å²) in [6.45, 7) is 5.91. The molecule has 0 radical (unpaired) electrons. The Hall–Kier alpha value is -0.620. The largest absolute Gasteiger partial charge is 0.341 e. The van der Waals surface area contributed by atoms with Gasteiger partial charge in [0.25, 0.3) is 0 Å². The summed E-state index contributed by atoms with van der Waals surface area (Å²) in [6, 6.07) is -0.690.